The molecular formula is C21H33N3O3. The Morgan fingerprint density at radius 2 is 1.93 bits per heavy atom. The zero-order chi connectivity index (χ0) is 19.9. The minimum Gasteiger partial charge on any atom is -0.488 e. The highest BCUT2D eigenvalue weighted by Gasteiger charge is 2.27. The number of carbonyl (C=O) groups excluding carboxylic acids is 1. The van der Waals surface area contributed by atoms with Crippen LogP contribution in [0.4, 0.5) is 0 Å². The molecule has 1 aromatic carbocycles. The maximum atomic E-state index is 11.9. The Bertz CT molecular complexity index is 644. The number of nitrogens with zero attached hydrogens (tertiary/aromatic N) is 2. The second-order valence-electron chi connectivity index (χ2n) is 7.74. The molecule has 6 nitrogen and oxygen atoms in total. The Kier molecular flexibility index (Phi) is 7.51. The van der Waals surface area contributed by atoms with Crippen LogP contribution in [0.3, 0.4) is 0 Å². The predicted octanol–water partition coefficient (Wildman–Crippen LogP) is 3.21. The molecule has 2 rings (SSSR count). The Labute approximate surface area is 162 Å². The minimum absolute atomic E-state index is 0.000202. The summed E-state index contributed by atoms with van der Waals surface area (Å²) in [6.45, 7) is 10.7. The van der Waals surface area contributed by atoms with E-state index in [0.717, 1.165) is 43.2 Å². The number of ether oxygens (including phenoxy) is 2. The number of piperidine rings is 1. The highest BCUT2D eigenvalue weighted by molar-refractivity contribution is 5.80. The zero-order valence-electron chi connectivity index (χ0n) is 17.2. The molecule has 1 aromatic rings. The largest absolute Gasteiger partial charge is 0.488 e. The molecule has 0 radical (unpaired) electrons. The SMILES string of the molecule is CCOC(=O)C1CCN(C(=NC)NCc2ccccc2OC(C)(C)C)CC1. The van der Waals surface area contributed by atoms with E-state index in [1.807, 2.05) is 45.9 Å². The molecule has 0 unspecified atom stereocenters. The smallest absolute Gasteiger partial charge is 0.309 e. The quantitative estimate of drug-likeness (QED) is 0.486. The summed E-state index contributed by atoms with van der Waals surface area (Å²) in [5.74, 6) is 1.66. The molecule has 1 N–H and O–H groups in total. The fourth-order valence-electron chi connectivity index (χ4n) is 3.17. The van der Waals surface area contributed by atoms with Gasteiger partial charge < -0.3 is 19.7 Å². The number of aliphatic imine (C=N–C) groups is 1. The van der Waals surface area contributed by atoms with Crippen LogP contribution in [0.5, 0.6) is 5.75 Å². The lowest BCUT2D eigenvalue weighted by atomic mass is 9.97. The molecule has 0 bridgehead atoms. The number of para-hydroxylation sites is 1. The van der Waals surface area contributed by atoms with Gasteiger partial charge in [-0.15, -0.1) is 0 Å². The summed E-state index contributed by atoms with van der Waals surface area (Å²) in [5.41, 5.74) is 0.849. The molecule has 0 spiro atoms. The van der Waals surface area contributed by atoms with Crippen LogP contribution < -0.4 is 10.1 Å². The number of guanidine groups is 1. The average molecular weight is 376 g/mol. The van der Waals surface area contributed by atoms with Crippen LogP contribution in [0, 0.1) is 5.92 Å². The predicted molar refractivity (Wildman–Crippen MR) is 108 cm³/mol. The van der Waals surface area contributed by atoms with Crippen molar-refractivity contribution in [1.82, 2.24) is 10.2 Å². The first-order valence-corrected chi connectivity index (χ1v) is 9.73. The number of nitrogens with one attached hydrogen (secondary N) is 1. The molecule has 1 saturated heterocycles. The molecule has 27 heavy (non-hydrogen) atoms. The maximum absolute atomic E-state index is 11.9. The van der Waals surface area contributed by atoms with Gasteiger partial charge in [0.25, 0.3) is 0 Å². The number of hydrogen-bond acceptors (Lipinski definition) is 4. The summed E-state index contributed by atoms with van der Waals surface area (Å²) >= 11 is 0. The van der Waals surface area contributed by atoms with Gasteiger partial charge in [-0.25, -0.2) is 0 Å². The van der Waals surface area contributed by atoms with Crippen molar-refractivity contribution >= 4 is 11.9 Å². The fraction of sp³-hybridized carbons (Fsp3) is 0.619. The molecule has 1 fully saturated rings. The van der Waals surface area contributed by atoms with Crippen LogP contribution in [0.25, 0.3) is 0 Å². The monoisotopic (exact) mass is 375 g/mol. The molecule has 150 valence electrons. The highest BCUT2D eigenvalue weighted by Crippen LogP contribution is 2.23. The zero-order valence-corrected chi connectivity index (χ0v) is 17.2. The molecule has 1 aliphatic heterocycles. The van der Waals surface area contributed by atoms with Crippen molar-refractivity contribution in [2.45, 2.75) is 52.7 Å². The summed E-state index contributed by atoms with van der Waals surface area (Å²) in [6.07, 6.45) is 1.59. The molecule has 6 heteroatoms. The molecule has 1 heterocycles. The fourth-order valence-corrected chi connectivity index (χ4v) is 3.17. The number of carbonyl (C=O) groups is 1. The van der Waals surface area contributed by atoms with E-state index in [2.05, 4.69) is 21.3 Å². The first-order valence-electron chi connectivity index (χ1n) is 9.73. The third kappa shape index (κ3) is 6.45. The first-order chi connectivity index (χ1) is 12.8. The molecule has 0 atom stereocenters. The Morgan fingerprint density at radius 1 is 1.26 bits per heavy atom. The minimum atomic E-state index is -0.243. The average Bonchev–Trinajstić information content (AvgIpc) is 2.63. The summed E-state index contributed by atoms with van der Waals surface area (Å²) < 4.78 is 11.2. The molecule has 0 aromatic heterocycles. The Balaban J connectivity index is 1.93. The van der Waals surface area contributed by atoms with Gasteiger partial charge in [0.1, 0.15) is 11.4 Å². The van der Waals surface area contributed by atoms with Crippen molar-refractivity contribution in [3.63, 3.8) is 0 Å². The standard InChI is InChI=1S/C21H33N3O3/c1-6-26-19(25)16-11-13-24(14-12-16)20(22-5)23-15-17-9-7-8-10-18(17)27-21(2,3)4/h7-10,16H,6,11-15H2,1-5H3,(H,22,23). The van der Waals surface area contributed by atoms with Crippen LogP contribution in [-0.4, -0.2) is 49.2 Å². The van der Waals surface area contributed by atoms with Crippen molar-refractivity contribution < 1.29 is 14.3 Å². The van der Waals surface area contributed by atoms with Crippen LogP contribution >= 0.6 is 0 Å². The van der Waals surface area contributed by atoms with E-state index < -0.39 is 0 Å². The van der Waals surface area contributed by atoms with E-state index in [-0.39, 0.29) is 17.5 Å². The Morgan fingerprint density at radius 3 is 2.52 bits per heavy atom. The van der Waals surface area contributed by atoms with Gasteiger partial charge in [0.15, 0.2) is 5.96 Å². The summed E-state index contributed by atoms with van der Waals surface area (Å²) in [5, 5.41) is 3.43. The molecular weight excluding hydrogens is 342 g/mol. The maximum Gasteiger partial charge on any atom is 0.309 e. The second-order valence-corrected chi connectivity index (χ2v) is 7.74. The number of benzene rings is 1. The van der Waals surface area contributed by atoms with Crippen molar-refractivity contribution in [2.24, 2.45) is 10.9 Å². The van der Waals surface area contributed by atoms with E-state index >= 15 is 0 Å². The summed E-state index contributed by atoms with van der Waals surface area (Å²) in [6, 6.07) is 8.06. The van der Waals surface area contributed by atoms with Crippen LogP contribution in [-0.2, 0) is 16.1 Å². The highest BCUT2D eigenvalue weighted by atomic mass is 16.5. The normalized spacial score (nSPS) is 16.2. The van der Waals surface area contributed by atoms with E-state index in [0.29, 0.717) is 13.2 Å². The topological polar surface area (TPSA) is 63.2 Å². The first kappa shape index (κ1) is 21.1. The lowest BCUT2D eigenvalue weighted by Crippen LogP contribution is -2.46. The van der Waals surface area contributed by atoms with Gasteiger partial charge in [-0.05, 0) is 46.6 Å². The van der Waals surface area contributed by atoms with Gasteiger partial charge in [-0.2, -0.15) is 0 Å². The molecule has 0 saturated carbocycles. The van der Waals surface area contributed by atoms with Crippen molar-refractivity contribution in [1.29, 1.82) is 0 Å². The number of esters is 1. The second kappa shape index (κ2) is 9.62. The number of hydrogen-bond donors (Lipinski definition) is 1. The van der Waals surface area contributed by atoms with E-state index in [4.69, 9.17) is 9.47 Å². The van der Waals surface area contributed by atoms with Gasteiger partial charge in [0.05, 0.1) is 12.5 Å². The summed E-state index contributed by atoms with van der Waals surface area (Å²) in [7, 11) is 1.79. The number of rotatable bonds is 5. The number of likely N-dealkylation sites (tertiary alicyclic amines) is 1. The van der Waals surface area contributed by atoms with Crippen LogP contribution in [0.2, 0.25) is 0 Å². The van der Waals surface area contributed by atoms with Gasteiger partial charge in [0, 0.05) is 32.2 Å². The van der Waals surface area contributed by atoms with Crippen LogP contribution in [0.15, 0.2) is 29.3 Å². The lowest BCUT2D eigenvalue weighted by Gasteiger charge is -2.33. The van der Waals surface area contributed by atoms with Crippen molar-refractivity contribution in [3.8, 4) is 5.75 Å². The van der Waals surface area contributed by atoms with E-state index in [1.165, 1.54) is 0 Å². The third-order valence-electron chi connectivity index (χ3n) is 4.45. The van der Waals surface area contributed by atoms with Gasteiger partial charge in [-0.3, -0.25) is 9.79 Å². The van der Waals surface area contributed by atoms with Gasteiger partial charge >= 0.3 is 5.97 Å². The van der Waals surface area contributed by atoms with E-state index in [1.54, 1.807) is 7.05 Å². The van der Waals surface area contributed by atoms with E-state index in [9.17, 15) is 4.79 Å². The molecule has 0 amide bonds. The molecule has 1 aliphatic rings. The Hall–Kier alpha value is -2.24. The van der Waals surface area contributed by atoms with Crippen molar-refractivity contribution in [2.75, 3.05) is 26.7 Å². The van der Waals surface area contributed by atoms with Gasteiger partial charge in [0.2, 0.25) is 0 Å². The van der Waals surface area contributed by atoms with Gasteiger partial charge in [-0.1, -0.05) is 18.2 Å². The molecule has 0 aliphatic carbocycles. The summed E-state index contributed by atoms with van der Waals surface area (Å²) in [4.78, 5) is 18.5. The third-order valence-corrected chi connectivity index (χ3v) is 4.45. The van der Waals surface area contributed by atoms with Crippen molar-refractivity contribution in [3.05, 3.63) is 29.8 Å². The lowest BCUT2D eigenvalue weighted by molar-refractivity contribution is -0.149. The van der Waals surface area contributed by atoms with Crippen LogP contribution in [0.1, 0.15) is 46.1 Å².